The van der Waals surface area contributed by atoms with Crippen LogP contribution in [0, 0.1) is 24.0 Å². The smallest absolute Gasteiger partial charge is 0.312 e. The fourth-order valence-corrected chi connectivity index (χ4v) is 2.93. The zero-order valence-corrected chi connectivity index (χ0v) is 16.3. The standard InChI is InChI=1S/C21H22N4O4/c1-15-21(25(27)28)16(2)24(23-15)13-20(26)22-12-17-8-10-18(11-9-17)14-29-19-6-4-3-5-7-19/h3-11H,12-14H2,1-2H3,(H,22,26). The van der Waals surface area contributed by atoms with Crippen LogP contribution < -0.4 is 10.1 Å². The Balaban J connectivity index is 1.50. The van der Waals surface area contributed by atoms with Crippen molar-refractivity contribution >= 4 is 11.6 Å². The van der Waals surface area contributed by atoms with Crippen LogP contribution in [0.3, 0.4) is 0 Å². The highest BCUT2D eigenvalue weighted by molar-refractivity contribution is 5.75. The molecule has 8 heteroatoms. The molecule has 29 heavy (non-hydrogen) atoms. The van der Waals surface area contributed by atoms with Crippen LogP contribution in [-0.4, -0.2) is 20.6 Å². The molecular weight excluding hydrogens is 372 g/mol. The lowest BCUT2D eigenvalue weighted by molar-refractivity contribution is -0.386. The number of nitro groups is 1. The summed E-state index contributed by atoms with van der Waals surface area (Å²) >= 11 is 0. The van der Waals surface area contributed by atoms with Crippen molar-refractivity contribution in [3.8, 4) is 5.75 Å². The van der Waals surface area contributed by atoms with Gasteiger partial charge in [-0.2, -0.15) is 5.10 Å². The number of para-hydroxylation sites is 1. The predicted molar refractivity (Wildman–Crippen MR) is 107 cm³/mol. The van der Waals surface area contributed by atoms with Crippen LogP contribution in [-0.2, 0) is 24.5 Å². The fourth-order valence-electron chi connectivity index (χ4n) is 2.93. The molecule has 2 aromatic carbocycles. The minimum atomic E-state index is -0.477. The lowest BCUT2D eigenvalue weighted by Gasteiger charge is -2.09. The van der Waals surface area contributed by atoms with Gasteiger partial charge in [-0.3, -0.25) is 19.6 Å². The summed E-state index contributed by atoms with van der Waals surface area (Å²) in [6.45, 7) is 3.90. The van der Waals surface area contributed by atoms with Gasteiger partial charge >= 0.3 is 5.69 Å². The van der Waals surface area contributed by atoms with Crippen LogP contribution >= 0.6 is 0 Å². The average Bonchev–Trinajstić information content (AvgIpc) is 2.99. The highest BCUT2D eigenvalue weighted by Gasteiger charge is 2.22. The summed E-state index contributed by atoms with van der Waals surface area (Å²) in [5.74, 6) is 0.551. The zero-order chi connectivity index (χ0) is 20.8. The molecule has 0 bridgehead atoms. The molecule has 3 rings (SSSR count). The van der Waals surface area contributed by atoms with E-state index in [9.17, 15) is 14.9 Å². The molecule has 1 N–H and O–H groups in total. The maximum Gasteiger partial charge on any atom is 0.312 e. The van der Waals surface area contributed by atoms with Crippen LogP contribution in [0.25, 0.3) is 0 Å². The molecule has 0 fully saturated rings. The van der Waals surface area contributed by atoms with Gasteiger partial charge in [0.15, 0.2) is 0 Å². The van der Waals surface area contributed by atoms with Crippen LogP contribution in [0.4, 0.5) is 5.69 Å². The third kappa shape index (κ3) is 5.19. The molecule has 0 aliphatic carbocycles. The maximum absolute atomic E-state index is 12.2. The molecule has 150 valence electrons. The number of aromatic nitrogens is 2. The first kappa shape index (κ1) is 20.1. The van der Waals surface area contributed by atoms with Crippen LogP contribution in [0.2, 0.25) is 0 Å². The van der Waals surface area contributed by atoms with Crippen molar-refractivity contribution in [3.63, 3.8) is 0 Å². The Bertz CT molecular complexity index is 998. The van der Waals surface area contributed by atoms with Gasteiger partial charge in [-0.15, -0.1) is 0 Å². The number of benzene rings is 2. The summed E-state index contributed by atoms with van der Waals surface area (Å²) in [5.41, 5.74) is 2.59. The molecule has 0 unspecified atom stereocenters. The van der Waals surface area contributed by atoms with Crippen molar-refractivity contribution in [2.75, 3.05) is 0 Å². The summed E-state index contributed by atoms with van der Waals surface area (Å²) < 4.78 is 7.06. The van der Waals surface area contributed by atoms with Gasteiger partial charge in [0.05, 0.1) is 4.92 Å². The number of carbonyl (C=O) groups is 1. The average molecular weight is 394 g/mol. The monoisotopic (exact) mass is 394 g/mol. The van der Waals surface area contributed by atoms with E-state index in [2.05, 4.69) is 10.4 Å². The number of hydrogen-bond donors (Lipinski definition) is 1. The van der Waals surface area contributed by atoms with Gasteiger partial charge in [-0.25, -0.2) is 0 Å². The van der Waals surface area contributed by atoms with Gasteiger partial charge in [0, 0.05) is 6.54 Å². The van der Waals surface area contributed by atoms with Gasteiger partial charge in [0.25, 0.3) is 0 Å². The highest BCUT2D eigenvalue weighted by Crippen LogP contribution is 2.21. The van der Waals surface area contributed by atoms with E-state index in [-0.39, 0.29) is 18.1 Å². The van der Waals surface area contributed by atoms with E-state index >= 15 is 0 Å². The molecule has 1 heterocycles. The topological polar surface area (TPSA) is 99.3 Å². The molecule has 8 nitrogen and oxygen atoms in total. The molecule has 1 aromatic heterocycles. The number of rotatable bonds is 8. The first-order valence-electron chi connectivity index (χ1n) is 9.15. The summed E-state index contributed by atoms with van der Waals surface area (Å²) in [6.07, 6.45) is 0. The number of aryl methyl sites for hydroxylation is 1. The Labute approximate surface area is 168 Å². The van der Waals surface area contributed by atoms with Gasteiger partial charge in [0.1, 0.15) is 30.3 Å². The van der Waals surface area contributed by atoms with Crippen LogP contribution in [0.1, 0.15) is 22.5 Å². The first-order valence-corrected chi connectivity index (χ1v) is 9.15. The minimum Gasteiger partial charge on any atom is -0.489 e. The second kappa shape index (κ2) is 9.01. The molecule has 0 saturated heterocycles. The zero-order valence-electron chi connectivity index (χ0n) is 16.3. The maximum atomic E-state index is 12.2. The van der Waals surface area contributed by atoms with E-state index in [0.29, 0.717) is 24.5 Å². The summed E-state index contributed by atoms with van der Waals surface area (Å²) in [5, 5.41) is 17.9. The molecule has 3 aromatic rings. The number of amides is 1. The van der Waals surface area contributed by atoms with Crippen molar-refractivity contribution in [2.45, 2.75) is 33.5 Å². The summed E-state index contributed by atoms with van der Waals surface area (Å²) in [6, 6.07) is 17.4. The fraction of sp³-hybridized carbons (Fsp3) is 0.238. The van der Waals surface area contributed by atoms with E-state index in [1.165, 1.54) is 4.68 Å². The van der Waals surface area contributed by atoms with Gasteiger partial charge in [-0.05, 0) is 37.1 Å². The number of nitrogens with one attached hydrogen (secondary N) is 1. The quantitative estimate of drug-likeness (QED) is 0.467. The Kier molecular flexibility index (Phi) is 6.23. The molecule has 0 aliphatic rings. The Morgan fingerprint density at radius 2 is 1.76 bits per heavy atom. The second-order valence-electron chi connectivity index (χ2n) is 6.63. The van der Waals surface area contributed by atoms with Crippen molar-refractivity contribution < 1.29 is 14.5 Å². The van der Waals surface area contributed by atoms with E-state index in [1.807, 2.05) is 54.6 Å². The second-order valence-corrected chi connectivity index (χ2v) is 6.63. The minimum absolute atomic E-state index is 0.0499. The third-order valence-electron chi connectivity index (χ3n) is 4.48. The van der Waals surface area contributed by atoms with Gasteiger partial charge in [-0.1, -0.05) is 42.5 Å². The van der Waals surface area contributed by atoms with E-state index < -0.39 is 4.92 Å². The number of hydrogen-bond acceptors (Lipinski definition) is 5. The largest absolute Gasteiger partial charge is 0.489 e. The summed E-state index contributed by atoms with van der Waals surface area (Å²) in [4.78, 5) is 22.8. The van der Waals surface area contributed by atoms with Crippen LogP contribution in [0.5, 0.6) is 5.75 Å². The first-order chi connectivity index (χ1) is 13.9. The van der Waals surface area contributed by atoms with Gasteiger partial charge in [0.2, 0.25) is 5.91 Å². The SMILES string of the molecule is Cc1nn(CC(=O)NCc2ccc(COc3ccccc3)cc2)c(C)c1[N+](=O)[O-]. The number of ether oxygens (including phenoxy) is 1. The molecule has 0 saturated carbocycles. The third-order valence-corrected chi connectivity index (χ3v) is 4.48. The highest BCUT2D eigenvalue weighted by atomic mass is 16.6. The Hall–Kier alpha value is -3.68. The molecule has 0 aliphatic heterocycles. The van der Waals surface area contributed by atoms with Crippen molar-refractivity contribution in [3.05, 3.63) is 87.2 Å². The molecule has 0 spiro atoms. The normalized spacial score (nSPS) is 10.6. The summed E-state index contributed by atoms with van der Waals surface area (Å²) in [7, 11) is 0. The van der Waals surface area contributed by atoms with Gasteiger partial charge < -0.3 is 10.1 Å². The van der Waals surface area contributed by atoms with Crippen molar-refractivity contribution in [1.29, 1.82) is 0 Å². The molecule has 0 radical (unpaired) electrons. The van der Waals surface area contributed by atoms with Crippen molar-refractivity contribution in [2.24, 2.45) is 0 Å². The molecule has 0 atom stereocenters. The molecular formula is C21H22N4O4. The van der Waals surface area contributed by atoms with E-state index in [1.54, 1.807) is 13.8 Å². The van der Waals surface area contributed by atoms with E-state index in [4.69, 9.17) is 4.74 Å². The predicted octanol–water partition coefficient (Wildman–Crippen LogP) is 3.30. The van der Waals surface area contributed by atoms with E-state index in [0.717, 1.165) is 16.9 Å². The Morgan fingerprint density at radius 1 is 1.10 bits per heavy atom. The lowest BCUT2D eigenvalue weighted by Crippen LogP contribution is -2.28. The Morgan fingerprint density at radius 3 is 2.38 bits per heavy atom. The number of nitrogens with zero attached hydrogens (tertiary/aromatic N) is 3. The number of carbonyl (C=O) groups excluding carboxylic acids is 1. The molecule has 1 amide bonds. The van der Waals surface area contributed by atoms with Crippen molar-refractivity contribution in [1.82, 2.24) is 15.1 Å². The van der Waals surface area contributed by atoms with Crippen LogP contribution in [0.15, 0.2) is 54.6 Å². The lowest BCUT2D eigenvalue weighted by atomic mass is 10.1.